The van der Waals surface area contributed by atoms with Gasteiger partial charge in [-0.1, -0.05) is 30.3 Å². The first-order valence-electron chi connectivity index (χ1n) is 6.70. The molecule has 4 nitrogen and oxygen atoms in total. The van der Waals surface area contributed by atoms with Crippen LogP contribution in [0.25, 0.3) is 0 Å². The van der Waals surface area contributed by atoms with Gasteiger partial charge in [-0.2, -0.15) is 0 Å². The summed E-state index contributed by atoms with van der Waals surface area (Å²) in [6.07, 6.45) is 2.54. The van der Waals surface area contributed by atoms with Gasteiger partial charge in [0.25, 0.3) is 0 Å². The molecular formula is C16H16N2O2. The second-order valence-electron chi connectivity index (χ2n) is 5.05. The van der Waals surface area contributed by atoms with Gasteiger partial charge in [-0.05, 0) is 29.2 Å². The van der Waals surface area contributed by atoms with E-state index < -0.39 is 5.97 Å². The van der Waals surface area contributed by atoms with Gasteiger partial charge in [0.15, 0.2) is 5.69 Å². The summed E-state index contributed by atoms with van der Waals surface area (Å²) in [4.78, 5) is 17.4. The molecule has 1 aliphatic rings. The lowest BCUT2D eigenvalue weighted by Crippen LogP contribution is -2.30. The Balaban J connectivity index is 1.79. The average Bonchev–Trinajstić information content (AvgIpc) is 2.47. The van der Waals surface area contributed by atoms with Crippen LogP contribution in [0.15, 0.2) is 42.6 Å². The fraction of sp³-hybridized carbons (Fsp3) is 0.250. The van der Waals surface area contributed by atoms with Crippen LogP contribution in [-0.2, 0) is 19.5 Å². The number of hydrogen-bond donors (Lipinski definition) is 1. The van der Waals surface area contributed by atoms with Crippen molar-refractivity contribution in [2.75, 3.05) is 6.54 Å². The number of pyridine rings is 1. The molecule has 1 aromatic heterocycles. The smallest absolute Gasteiger partial charge is 0.354 e. The predicted octanol–water partition coefficient (Wildman–Crippen LogP) is 2.34. The van der Waals surface area contributed by atoms with Gasteiger partial charge in [0.2, 0.25) is 0 Å². The highest BCUT2D eigenvalue weighted by Gasteiger charge is 2.18. The highest BCUT2D eigenvalue weighted by molar-refractivity contribution is 5.86. The molecule has 0 aliphatic carbocycles. The van der Waals surface area contributed by atoms with Crippen molar-refractivity contribution in [3.8, 4) is 0 Å². The van der Waals surface area contributed by atoms with Gasteiger partial charge in [-0.15, -0.1) is 0 Å². The van der Waals surface area contributed by atoms with Crippen LogP contribution in [0.2, 0.25) is 0 Å². The summed E-state index contributed by atoms with van der Waals surface area (Å²) in [7, 11) is 0. The highest BCUT2D eigenvalue weighted by Crippen LogP contribution is 2.20. The summed E-state index contributed by atoms with van der Waals surface area (Å²) in [5, 5.41) is 9.17. The van der Waals surface area contributed by atoms with Crippen molar-refractivity contribution in [3.63, 3.8) is 0 Å². The van der Waals surface area contributed by atoms with E-state index in [0.29, 0.717) is 6.54 Å². The molecule has 1 N–H and O–H groups in total. The fourth-order valence-corrected chi connectivity index (χ4v) is 2.69. The summed E-state index contributed by atoms with van der Waals surface area (Å²) in [6, 6.07) is 12.1. The number of carbonyl (C=O) groups is 1. The topological polar surface area (TPSA) is 53.4 Å². The van der Waals surface area contributed by atoms with Crippen LogP contribution in [-0.4, -0.2) is 27.5 Å². The van der Waals surface area contributed by atoms with E-state index in [9.17, 15) is 9.90 Å². The normalized spacial score (nSPS) is 14.8. The molecule has 0 atom stereocenters. The Morgan fingerprint density at radius 1 is 1.20 bits per heavy atom. The number of carboxylic acid groups (broad SMARTS) is 1. The Labute approximate surface area is 117 Å². The second kappa shape index (κ2) is 5.43. The van der Waals surface area contributed by atoms with E-state index in [1.807, 2.05) is 6.07 Å². The zero-order valence-corrected chi connectivity index (χ0v) is 11.1. The first kappa shape index (κ1) is 12.8. The number of carboxylic acids is 1. The molecule has 0 saturated carbocycles. The number of aromatic carboxylic acids is 1. The fourth-order valence-electron chi connectivity index (χ4n) is 2.69. The van der Waals surface area contributed by atoms with E-state index in [1.54, 1.807) is 6.07 Å². The molecule has 0 bridgehead atoms. The lowest BCUT2D eigenvalue weighted by atomic mass is 9.99. The van der Waals surface area contributed by atoms with E-state index >= 15 is 0 Å². The quantitative estimate of drug-likeness (QED) is 0.928. The molecule has 1 aromatic carbocycles. The lowest BCUT2D eigenvalue weighted by Gasteiger charge is -2.28. The van der Waals surface area contributed by atoms with Crippen molar-refractivity contribution in [1.29, 1.82) is 0 Å². The molecular weight excluding hydrogens is 252 g/mol. The Bertz CT molecular complexity index is 640. The molecule has 0 saturated heterocycles. The summed E-state index contributed by atoms with van der Waals surface area (Å²) < 4.78 is 0. The average molecular weight is 268 g/mol. The zero-order chi connectivity index (χ0) is 13.9. The molecule has 4 heteroatoms. The number of hydrogen-bond acceptors (Lipinski definition) is 3. The number of aromatic nitrogens is 1. The zero-order valence-electron chi connectivity index (χ0n) is 11.1. The molecule has 0 spiro atoms. The highest BCUT2D eigenvalue weighted by atomic mass is 16.4. The van der Waals surface area contributed by atoms with Crippen molar-refractivity contribution in [1.82, 2.24) is 9.88 Å². The summed E-state index contributed by atoms with van der Waals surface area (Å²) >= 11 is 0. The van der Waals surface area contributed by atoms with E-state index in [-0.39, 0.29) is 5.69 Å². The van der Waals surface area contributed by atoms with Crippen molar-refractivity contribution in [2.45, 2.75) is 19.5 Å². The molecule has 0 radical (unpaired) electrons. The van der Waals surface area contributed by atoms with E-state index in [4.69, 9.17) is 0 Å². The lowest BCUT2D eigenvalue weighted by molar-refractivity contribution is 0.0687. The van der Waals surface area contributed by atoms with Gasteiger partial charge in [-0.25, -0.2) is 9.78 Å². The van der Waals surface area contributed by atoms with Crippen molar-refractivity contribution in [3.05, 3.63) is 65.0 Å². The van der Waals surface area contributed by atoms with Crippen LogP contribution >= 0.6 is 0 Å². The van der Waals surface area contributed by atoms with E-state index in [0.717, 1.165) is 25.1 Å². The maximum atomic E-state index is 11.2. The van der Waals surface area contributed by atoms with E-state index in [2.05, 4.69) is 34.1 Å². The Morgan fingerprint density at radius 2 is 2.00 bits per heavy atom. The maximum Gasteiger partial charge on any atom is 0.354 e. The summed E-state index contributed by atoms with van der Waals surface area (Å²) in [5.41, 5.74) is 3.67. The number of nitrogens with zero attached hydrogens (tertiary/aromatic N) is 2. The minimum absolute atomic E-state index is 0.159. The second-order valence-corrected chi connectivity index (χ2v) is 5.05. The monoisotopic (exact) mass is 268 g/mol. The third-order valence-electron chi connectivity index (χ3n) is 3.70. The van der Waals surface area contributed by atoms with Gasteiger partial charge in [-0.3, -0.25) is 4.90 Å². The van der Waals surface area contributed by atoms with Gasteiger partial charge >= 0.3 is 5.97 Å². The Kier molecular flexibility index (Phi) is 3.48. The molecule has 1 aliphatic heterocycles. The Hall–Kier alpha value is -2.20. The van der Waals surface area contributed by atoms with Crippen molar-refractivity contribution < 1.29 is 9.90 Å². The van der Waals surface area contributed by atoms with Crippen LogP contribution in [0.4, 0.5) is 0 Å². The number of rotatable bonds is 3. The van der Waals surface area contributed by atoms with Crippen LogP contribution in [0.1, 0.15) is 27.2 Å². The third-order valence-corrected chi connectivity index (χ3v) is 3.70. The van der Waals surface area contributed by atoms with Gasteiger partial charge in [0.1, 0.15) is 0 Å². The first-order chi connectivity index (χ1) is 9.74. The largest absolute Gasteiger partial charge is 0.477 e. The van der Waals surface area contributed by atoms with Gasteiger partial charge in [0.05, 0.1) is 0 Å². The summed E-state index contributed by atoms with van der Waals surface area (Å²) in [5.74, 6) is -0.960. The van der Waals surface area contributed by atoms with Gasteiger partial charge < -0.3 is 5.11 Å². The van der Waals surface area contributed by atoms with Crippen LogP contribution in [0, 0.1) is 0 Å². The molecule has 2 heterocycles. The summed E-state index contributed by atoms with van der Waals surface area (Å²) in [6.45, 7) is 2.44. The first-order valence-corrected chi connectivity index (χ1v) is 6.70. The van der Waals surface area contributed by atoms with Crippen LogP contribution in [0.3, 0.4) is 0 Å². The number of benzene rings is 1. The minimum atomic E-state index is -0.960. The molecule has 102 valence electrons. The predicted molar refractivity (Wildman–Crippen MR) is 75.5 cm³/mol. The minimum Gasteiger partial charge on any atom is -0.477 e. The molecule has 2 aromatic rings. The van der Waals surface area contributed by atoms with Crippen LogP contribution in [0.5, 0.6) is 0 Å². The Morgan fingerprint density at radius 3 is 2.80 bits per heavy atom. The molecule has 0 amide bonds. The van der Waals surface area contributed by atoms with Crippen molar-refractivity contribution >= 4 is 5.97 Å². The van der Waals surface area contributed by atoms with Gasteiger partial charge in [0, 0.05) is 25.8 Å². The molecule has 3 rings (SSSR count). The standard InChI is InChI=1S/C16H16N2O2/c19-16(20)15-14(6-3-8-17-15)11-18-9-7-12-4-1-2-5-13(12)10-18/h1-6,8H,7,9-11H2,(H,19,20). The van der Waals surface area contributed by atoms with Crippen LogP contribution < -0.4 is 0 Å². The molecule has 0 fully saturated rings. The SMILES string of the molecule is O=C(O)c1ncccc1CN1CCc2ccccc2C1. The molecule has 20 heavy (non-hydrogen) atoms. The van der Waals surface area contributed by atoms with E-state index in [1.165, 1.54) is 17.3 Å². The molecule has 0 unspecified atom stereocenters. The van der Waals surface area contributed by atoms with Crippen molar-refractivity contribution in [2.24, 2.45) is 0 Å². The number of fused-ring (bicyclic) bond motifs is 1. The maximum absolute atomic E-state index is 11.2. The third kappa shape index (κ3) is 2.56.